The van der Waals surface area contributed by atoms with Crippen molar-refractivity contribution in [2.45, 2.75) is 6.92 Å². The zero-order valence-corrected chi connectivity index (χ0v) is 19.3. The number of carbonyl (C=O) groups is 2. The standard InChI is InChI=1S/C28H25NO5/c1-5-15-34-24-14-13-19(17-25(24)32-3)16-22-26(28(31)33-4)18(2)29(27(22)30)23-12-8-10-20-9-6-7-11-21(20)23/h5-14,16-17H,1,15H2,2-4H3/b22-16-. The van der Waals surface area contributed by atoms with Crippen molar-refractivity contribution in [2.24, 2.45) is 0 Å². The van der Waals surface area contributed by atoms with Gasteiger partial charge in [0.1, 0.15) is 6.61 Å². The fraction of sp³-hybridized carbons (Fsp3) is 0.143. The van der Waals surface area contributed by atoms with Crippen LogP contribution in [0.2, 0.25) is 0 Å². The second-order valence-electron chi connectivity index (χ2n) is 7.66. The fourth-order valence-electron chi connectivity index (χ4n) is 4.08. The fourth-order valence-corrected chi connectivity index (χ4v) is 4.08. The van der Waals surface area contributed by atoms with E-state index in [1.54, 1.807) is 49.3 Å². The first kappa shape index (κ1) is 22.9. The molecule has 1 aliphatic rings. The summed E-state index contributed by atoms with van der Waals surface area (Å²) in [4.78, 5) is 28.0. The molecule has 3 aromatic carbocycles. The summed E-state index contributed by atoms with van der Waals surface area (Å²) in [5.74, 6) is 0.186. The molecule has 0 N–H and O–H groups in total. The van der Waals surface area contributed by atoms with E-state index in [1.165, 1.54) is 7.11 Å². The Morgan fingerprint density at radius 1 is 1.03 bits per heavy atom. The lowest BCUT2D eigenvalue weighted by atomic mass is 10.0. The quantitative estimate of drug-likeness (QED) is 0.275. The lowest BCUT2D eigenvalue weighted by Gasteiger charge is -2.20. The van der Waals surface area contributed by atoms with Crippen molar-refractivity contribution >= 4 is 34.4 Å². The van der Waals surface area contributed by atoms with Crippen LogP contribution in [0.15, 0.2) is 90.2 Å². The number of hydrogen-bond acceptors (Lipinski definition) is 5. The molecule has 172 valence electrons. The molecule has 4 rings (SSSR count). The normalized spacial score (nSPS) is 14.6. The molecule has 0 unspecified atom stereocenters. The minimum atomic E-state index is -0.572. The van der Waals surface area contributed by atoms with Gasteiger partial charge in [-0.3, -0.25) is 9.69 Å². The Bertz CT molecular complexity index is 1350. The third-order valence-electron chi connectivity index (χ3n) is 5.65. The first-order chi connectivity index (χ1) is 16.5. The van der Waals surface area contributed by atoms with Crippen LogP contribution in [-0.4, -0.2) is 32.7 Å². The predicted molar refractivity (Wildman–Crippen MR) is 133 cm³/mol. The van der Waals surface area contributed by atoms with Gasteiger partial charge in [0.15, 0.2) is 11.5 Å². The van der Waals surface area contributed by atoms with Gasteiger partial charge in [-0.15, -0.1) is 0 Å². The molecule has 1 heterocycles. The first-order valence-electron chi connectivity index (χ1n) is 10.7. The van der Waals surface area contributed by atoms with Gasteiger partial charge in [-0.25, -0.2) is 4.79 Å². The summed E-state index contributed by atoms with van der Waals surface area (Å²) in [5, 5.41) is 1.91. The summed E-state index contributed by atoms with van der Waals surface area (Å²) < 4.78 is 16.1. The van der Waals surface area contributed by atoms with Gasteiger partial charge in [0, 0.05) is 11.1 Å². The van der Waals surface area contributed by atoms with Gasteiger partial charge in [0.25, 0.3) is 5.91 Å². The Balaban J connectivity index is 1.83. The number of nitrogens with zero attached hydrogens (tertiary/aromatic N) is 1. The second-order valence-corrected chi connectivity index (χ2v) is 7.66. The van der Waals surface area contributed by atoms with Crippen LogP contribution >= 0.6 is 0 Å². The minimum Gasteiger partial charge on any atom is -0.493 e. The second kappa shape index (κ2) is 9.67. The highest BCUT2D eigenvalue weighted by Gasteiger charge is 2.38. The third kappa shape index (κ3) is 4.06. The van der Waals surface area contributed by atoms with Crippen LogP contribution in [0, 0.1) is 0 Å². The van der Waals surface area contributed by atoms with Crippen molar-refractivity contribution < 1.29 is 23.8 Å². The third-order valence-corrected chi connectivity index (χ3v) is 5.65. The van der Waals surface area contributed by atoms with E-state index in [0.717, 1.165) is 10.8 Å². The topological polar surface area (TPSA) is 65.1 Å². The number of methoxy groups -OCH3 is 2. The summed E-state index contributed by atoms with van der Waals surface area (Å²) in [6, 6.07) is 18.9. The van der Waals surface area contributed by atoms with Crippen molar-refractivity contribution in [3.8, 4) is 11.5 Å². The lowest BCUT2D eigenvalue weighted by molar-refractivity contribution is -0.136. The van der Waals surface area contributed by atoms with E-state index in [4.69, 9.17) is 14.2 Å². The maximum atomic E-state index is 13.7. The van der Waals surface area contributed by atoms with Crippen LogP contribution < -0.4 is 14.4 Å². The number of fused-ring (bicyclic) bond motifs is 1. The van der Waals surface area contributed by atoms with Crippen LogP contribution in [0.25, 0.3) is 16.8 Å². The lowest BCUT2D eigenvalue weighted by Crippen LogP contribution is -2.24. The number of allylic oxidation sites excluding steroid dienone is 1. The Morgan fingerprint density at radius 2 is 1.79 bits per heavy atom. The van der Waals surface area contributed by atoms with E-state index < -0.39 is 5.97 Å². The van der Waals surface area contributed by atoms with Gasteiger partial charge < -0.3 is 14.2 Å². The Hall–Kier alpha value is -4.32. The monoisotopic (exact) mass is 455 g/mol. The van der Waals surface area contributed by atoms with Crippen LogP contribution in [0.1, 0.15) is 12.5 Å². The summed E-state index contributed by atoms with van der Waals surface area (Å²) in [5.41, 5.74) is 2.37. The van der Waals surface area contributed by atoms with E-state index in [2.05, 4.69) is 6.58 Å². The molecule has 0 spiro atoms. The van der Waals surface area contributed by atoms with Crippen molar-refractivity contribution in [3.05, 3.63) is 95.7 Å². The van der Waals surface area contributed by atoms with Gasteiger partial charge in [0.05, 0.1) is 31.1 Å². The van der Waals surface area contributed by atoms with Crippen LogP contribution in [-0.2, 0) is 14.3 Å². The molecule has 0 radical (unpaired) electrons. The van der Waals surface area contributed by atoms with Gasteiger partial charge in [-0.1, -0.05) is 55.1 Å². The summed E-state index contributed by atoms with van der Waals surface area (Å²) >= 11 is 0. The molecule has 0 aliphatic carbocycles. The number of ether oxygens (including phenoxy) is 3. The summed E-state index contributed by atoms with van der Waals surface area (Å²) in [6.45, 7) is 5.74. The average molecular weight is 456 g/mol. The van der Waals surface area contributed by atoms with Gasteiger partial charge in [-0.05, 0) is 42.1 Å². The minimum absolute atomic E-state index is 0.228. The number of amides is 1. The molecule has 0 atom stereocenters. The Morgan fingerprint density at radius 3 is 2.53 bits per heavy atom. The highest BCUT2D eigenvalue weighted by Crippen LogP contribution is 2.39. The summed E-state index contributed by atoms with van der Waals surface area (Å²) in [6.07, 6.45) is 3.31. The number of carbonyl (C=O) groups excluding carboxylic acids is 2. The average Bonchev–Trinajstić information content (AvgIpc) is 3.11. The smallest absolute Gasteiger partial charge is 0.340 e. The predicted octanol–water partition coefficient (Wildman–Crippen LogP) is 5.29. The number of anilines is 1. The van der Waals surface area contributed by atoms with Gasteiger partial charge in [0.2, 0.25) is 0 Å². The number of rotatable bonds is 7. The van der Waals surface area contributed by atoms with E-state index in [-0.39, 0.29) is 17.1 Å². The molecule has 0 saturated heterocycles. The molecule has 6 nitrogen and oxygen atoms in total. The molecule has 34 heavy (non-hydrogen) atoms. The largest absolute Gasteiger partial charge is 0.493 e. The highest BCUT2D eigenvalue weighted by molar-refractivity contribution is 6.25. The van der Waals surface area contributed by atoms with Crippen LogP contribution in [0.3, 0.4) is 0 Å². The number of benzene rings is 3. The van der Waals surface area contributed by atoms with Crippen LogP contribution in [0.4, 0.5) is 5.69 Å². The van der Waals surface area contributed by atoms with Crippen molar-refractivity contribution in [3.63, 3.8) is 0 Å². The number of esters is 1. The zero-order valence-electron chi connectivity index (χ0n) is 19.3. The van der Waals surface area contributed by atoms with E-state index in [1.807, 2.05) is 42.5 Å². The maximum absolute atomic E-state index is 13.7. The van der Waals surface area contributed by atoms with Crippen LogP contribution in [0.5, 0.6) is 11.5 Å². The van der Waals surface area contributed by atoms with E-state index in [0.29, 0.717) is 35.1 Å². The summed E-state index contributed by atoms with van der Waals surface area (Å²) in [7, 11) is 2.85. The maximum Gasteiger partial charge on any atom is 0.340 e. The van der Waals surface area contributed by atoms with Gasteiger partial charge in [-0.2, -0.15) is 0 Å². The molecule has 6 heteroatoms. The van der Waals surface area contributed by atoms with E-state index >= 15 is 0 Å². The number of hydrogen-bond donors (Lipinski definition) is 0. The molecular formula is C28H25NO5. The molecule has 0 fully saturated rings. The Kier molecular flexibility index (Phi) is 6.50. The SMILES string of the molecule is C=CCOc1ccc(/C=C2\C(=O)N(c3cccc4ccccc34)C(C)=C2C(=O)OC)cc1OC. The van der Waals surface area contributed by atoms with Crippen molar-refractivity contribution in [1.82, 2.24) is 0 Å². The molecule has 0 aromatic heterocycles. The first-order valence-corrected chi connectivity index (χ1v) is 10.7. The van der Waals surface area contributed by atoms with Crippen molar-refractivity contribution in [2.75, 3.05) is 25.7 Å². The van der Waals surface area contributed by atoms with E-state index in [9.17, 15) is 9.59 Å². The molecule has 1 amide bonds. The molecule has 0 bridgehead atoms. The molecular weight excluding hydrogens is 430 g/mol. The zero-order chi connectivity index (χ0) is 24.2. The molecule has 1 aliphatic heterocycles. The van der Waals surface area contributed by atoms with Crippen molar-refractivity contribution in [1.29, 1.82) is 0 Å². The molecule has 0 saturated carbocycles. The van der Waals surface area contributed by atoms with Gasteiger partial charge >= 0.3 is 5.97 Å². The Labute approximate surface area is 198 Å². The highest BCUT2D eigenvalue weighted by atomic mass is 16.5. The molecule has 3 aromatic rings.